The van der Waals surface area contributed by atoms with Crippen molar-refractivity contribution in [3.63, 3.8) is 0 Å². The number of phenols is 1. The molecular weight excluding hydrogens is 330 g/mol. The molecule has 0 bridgehead atoms. The highest BCUT2D eigenvalue weighted by Crippen LogP contribution is 2.24. The van der Waals surface area contributed by atoms with E-state index in [1.807, 2.05) is 30.3 Å². The molecule has 1 amide bonds. The third kappa shape index (κ3) is 3.69. The van der Waals surface area contributed by atoms with Crippen molar-refractivity contribution in [3.8, 4) is 5.75 Å². The molecule has 0 fully saturated rings. The van der Waals surface area contributed by atoms with Crippen LogP contribution in [-0.4, -0.2) is 30.3 Å². The highest BCUT2D eigenvalue weighted by molar-refractivity contribution is 6.01. The van der Waals surface area contributed by atoms with Gasteiger partial charge in [-0.05, 0) is 42.8 Å². The van der Waals surface area contributed by atoms with E-state index in [2.05, 4.69) is 29.3 Å². The lowest BCUT2D eigenvalue weighted by Gasteiger charge is -2.16. The van der Waals surface area contributed by atoms with E-state index >= 15 is 0 Å². The normalized spacial score (nSPS) is 11.2. The minimum Gasteiger partial charge on any atom is -0.507 e. The Bertz CT molecular complexity index is 942. The van der Waals surface area contributed by atoms with Gasteiger partial charge in [0.1, 0.15) is 11.5 Å². The van der Waals surface area contributed by atoms with E-state index in [0.717, 1.165) is 29.7 Å². The minimum atomic E-state index is -0.486. The molecule has 0 saturated carbocycles. The van der Waals surface area contributed by atoms with Crippen LogP contribution in [0.3, 0.4) is 0 Å². The van der Waals surface area contributed by atoms with Crippen molar-refractivity contribution in [1.29, 1.82) is 0 Å². The number of hydrazone groups is 1. The van der Waals surface area contributed by atoms with Crippen LogP contribution in [-0.2, 0) is 0 Å². The van der Waals surface area contributed by atoms with E-state index in [1.54, 1.807) is 18.2 Å². The van der Waals surface area contributed by atoms with Crippen LogP contribution in [0.2, 0.25) is 0 Å². The van der Waals surface area contributed by atoms with Crippen LogP contribution in [0.15, 0.2) is 58.0 Å². The van der Waals surface area contributed by atoms with Crippen LogP contribution in [0.5, 0.6) is 5.75 Å². The summed E-state index contributed by atoms with van der Waals surface area (Å²) in [6.45, 7) is 5.79. The van der Waals surface area contributed by atoms with Gasteiger partial charge >= 0.3 is 0 Å². The second kappa shape index (κ2) is 7.74. The number of nitrogens with zero attached hydrogens (tertiary/aromatic N) is 2. The van der Waals surface area contributed by atoms with Crippen LogP contribution < -0.4 is 10.3 Å². The molecule has 3 rings (SSSR count). The standard InChI is InChI=1S/C20H21N3O3/c1-3-23(4-2)19-10-9-16(26-19)13-21-22-20(25)17-11-14-7-5-6-8-15(14)12-18(17)24/h5-13,24H,3-4H2,1-2H3,(H,22,25)/b21-13-. The van der Waals surface area contributed by atoms with Crippen molar-refractivity contribution < 1.29 is 14.3 Å². The van der Waals surface area contributed by atoms with Gasteiger partial charge in [0.2, 0.25) is 0 Å². The second-order valence-electron chi connectivity index (χ2n) is 5.76. The third-order valence-electron chi connectivity index (χ3n) is 4.15. The fourth-order valence-electron chi connectivity index (χ4n) is 2.74. The number of nitrogens with one attached hydrogen (secondary N) is 1. The summed E-state index contributed by atoms with van der Waals surface area (Å²) < 4.78 is 5.67. The number of hydrogen-bond donors (Lipinski definition) is 2. The van der Waals surface area contributed by atoms with Gasteiger partial charge in [0.25, 0.3) is 5.91 Å². The SMILES string of the molecule is CCN(CC)c1ccc(/C=N\NC(=O)c2cc3ccccc3cc2O)o1. The second-order valence-corrected chi connectivity index (χ2v) is 5.76. The summed E-state index contributed by atoms with van der Waals surface area (Å²) in [5.41, 5.74) is 2.59. The molecule has 0 atom stereocenters. The Morgan fingerprint density at radius 1 is 1.15 bits per heavy atom. The molecule has 1 aromatic heterocycles. The Labute approximate surface area is 151 Å². The number of benzene rings is 2. The number of aromatic hydroxyl groups is 1. The smallest absolute Gasteiger partial charge is 0.275 e. The minimum absolute atomic E-state index is 0.0850. The summed E-state index contributed by atoms with van der Waals surface area (Å²) in [6.07, 6.45) is 1.43. The van der Waals surface area contributed by atoms with Crippen molar-refractivity contribution in [2.45, 2.75) is 13.8 Å². The van der Waals surface area contributed by atoms with Crippen LogP contribution in [0.4, 0.5) is 5.88 Å². The molecule has 6 nitrogen and oxygen atoms in total. The molecule has 0 spiro atoms. The van der Waals surface area contributed by atoms with Gasteiger partial charge in [0, 0.05) is 19.2 Å². The number of phenolic OH excluding ortho intramolecular Hbond substituents is 1. The molecule has 6 heteroatoms. The van der Waals surface area contributed by atoms with E-state index in [0.29, 0.717) is 5.76 Å². The maximum Gasteiger partial charge on any atom is 0.275 e. The molecule has 134 valence electrons. The van der Waals surface area contributed by atoms with Crippen molar-refractivity contribution in [2.75, 3.05) is 18.0 Å². The number of carbonyl (C=O) groups is 1. The number of amides is 1. The first-order chi connectivity index (χ1) is 12.6. The zero-order valence-corrected chi connectivity index (χ0v) is 14.8. The zero-order chi connectivity index (χ0) is 18.5. The Hall–Kier alpha value is -3.28. The lowest BCUT2D eigenvalue weighted by Crippen LogP contribution is -2.20. The fraction of sp³-hybridized carbons (Fsp3) is 0.200. The first kappa shape index (κ1) is 17.5. The van der Waals surface area contributed by atoms with Crippen molar-refractivity contribution in [3.05, 3.63) is 59.9 Å². The summed E-state index contributed by atoms with van der Waals surface area (Å²) in [6, 6.07) is 14.4. The molecule has 0 radical (unpaired) electrons. The first-order valence-corrected chi connectivity index (χ1v) is 8.52. The van der Waals surface area contributed by atoms with Gasteiger partial charge < -0.3 is 14.4 Å². The van der Waals surface area contributed by atoms with Crippen LogP contribution in [0.25, 0.3) is 10.8 Å². The van der Waals surface area contributed by atoms with Gasteiger partial charge in [-0.2, -0.15) is 5.10 Å². The van der Waals surface area contributed by atoms with E-state index in [4.69, 9.17) is 4.42 Å². The molecule has 0 saturated heterocycles. The first-order valence-electron chi connectivity index (χ1n) is 8.52. The van der Waals surface area contributed by atoms with Gasteiger partial charge in [-0.1, -0.05) is 24.3 Å². The fourth-order valence-corrected chi connectivity index (χ4v) is 2.74. The number of furan rings is 1. The Kier molecular flexibility index (Phi) is 5.22. The van der Waals surface area contributed by atoms with Gasteiger partial charge in [0.05, 0.1) is 11.8 Å². The predicted octanol–water partition coefficient (Wildman–Crippen LogP) is 3.75. The third-order valence-corrected chi connectivity index (χ3v) is 4.15. The number of carbonyl (C=O) groups excluding carboxylic acids is 1. The van der Waals surface area contributed by atoms with Gasteiger partial charge in [0.15, 0.2) is 5.88 Å². The lowest BCUT2D eigenvalue weighted by atomic mass is 10.1. The van der Waals surface area contributed by atoms with Crippen molar-refractivity contribution in [1.82, 2.24) is 5.43 Å². The highest BCUT2D eigenvalue weighted by atomic mass is 16.4. The molecular formula is C20H21N3O3. The number of fused-ring (bicyclic) bond motifs is 1. The van der Waals surface area contributed by atoms with E-state index < -0.39 is 5.91 Å². The monoisotopic (exact) mass is 351 g/mol. The zero-order valence-electron chi connectivity index (χ0n) is 14.8. The average Bonchev–Trinajstić information content (AvgIpc) is 3.10. The Morgan fingerprint density at radius 3 is 2.54 bits per heavy atom. The molecule has 0 aliphatic rings. The number of hydrogen-bond acceptors (Lipinski definition) is 5. The van der Waals surface area contributed by atoms with Crippen molar-refractivity contribution >= 4 is 28.8 Å². The lowest BCUT2D eigenvalue weighted by molar-refractivity contribution is 0.0952. The summed E-state index contributed by atoms with van der Waals surface area (Å²) >= 11 is 0. The van der Waals surface area contributed by atoms with Crippen LogP contribution in [0.1, 0.15) is 30.0 Å². The average molecular weight is 351 g/mol. The molecule has 0 unspecified atom stereocenters. The largest absolute Gasteiger partial charge is 0.507 e. The van der Waals surface area contributed by atoms with Gasteiger partial charge in [-0.3, -0.25) is 4.79 Å². The molecule has 3 aromatic rings. The molecule has 26 heavy (non-hydrogen) atoms. The van der Waals surface area contributed by atoms with Crippen LogP contribution >= 0.6 is 0 Å². The number of rotatable bonds is 6. The van der Waals surface area contributed by atoms with E-state index in [-0.39, 0.29) is 11.3 Å². The maximum absolute atomic E-state index is 12.3. The summed E-state index contributed by atoms with van der Waals surface area (Å²) in [7, 11) is 0. The topological polar surface area (TPSA) is 78.1 Å². The van der Waals surface area contributed by atoms with Crippen LogP contribution in [0, 0.1) is 0 Å². The summed E-state index contributed by atoms with van der Waals surface area (Å²) in [4.78, 5) is 14.4. The number of anilines is 1. The van der Waals surface area contributed by atoms with Gasteiger partial charge in [-0.25, -0.2) is 5.43 Å². The molecule has 0 aliphatic carbocycles. The highest BCUT2D eigenvalue weighted by Gasteiger charge is 2.12. The predicted molar refractivity (Wildman–Crippen MR) is 103 cm³/mol. The summed E-state index contributed by atoms with van der Waals surface area (Å²) in [5, 5.41) is 15.7. The van der Waals surface area contributed by atoms with E-state index in [1.165, 1.54) is 6.21 Å². The molecule has 2 N–H and O–H groups in total. The van der Waals surface area contributed by atoms with E-state index in [9.17, 15) is 9.90 Å². The molecule has 1 heterocycles. The summed E-state index contributed by atoms with van der Waals surface area (Å²) in [5.74, 6) is 0.725. The quantitative estimate of drug-likeness (QED) is 0.524. The maximum atomic E-state index is 12.3. The Balaban J connectivity index is 1.71. The van der Waals surface area contributed by atoms with Crippen molar-refractivity contribution in [2.24, 2.45) is 5.10 Å². The molecule has 2 aromatic carbocycles. The Morgan fingerprint density at radius 2 is 1.85 bits per heavy atom. The molecule has 0 aliphatic heterocycles. The van der Waals surface area contributed by atoms with Gasteiger partial charge in [-0.15, -0.1) is 0 Å².